The summed E-state index contributed by atoms with van der Waals surface area (Å²) < 4.78 is 36.1. The largest absolute Gasteiger partial charge is 0.494 e. The highest BCUT2D eigenvalue weighted by Gasteiger charge is 2.22. The van der Waals surface area contributed by atoms with Gasteiger partial charge < -0.3 is 9.15 Å². The molecule has 0 aliphatic heterocycles. The van der Waals surface area contributed by atoms with Gasteiger partial charge >= 0.3 is 0 Å². The average molecular weight is 476 g/mol. The Morgan fingerprint density at radius 1 is 1.16 bits per heavy atom. The van der Waals surface area contributed by atoms with Gasteiger partial charge in [-0.15, -0.1) is 0 Å². The summed E-state index contributed by atoms with van der Waals surface area (Å²) in [5, 5.41) is 0.531. The molecule has 170 valence electrons. The van der Waals surface area contributed by atoms with E-state index in [1.807, 2.05) is 31.2 Å². The number of hydrogen-bond donors (Lipinski definition) is 0. The molecule has 0 saturated heterocycles. The van der Waals surface area contributed by atoms with Crippen molar-refractivity contribution in [2.45, 2.75) is 38.9 Å². The SMILES string of the molecule is CCOc1ccc(CCCC(=O)CS(=O)(=O)Cc2nc(-c3cccc(Cl)c3)oc2C)cc1. The first-order valence-corrected chi connectivity index (χ1v) is 12.6. The summed E-state index contributed by atoms with van der Waals surface area (Å²) in [7, 11) is -3.66. The van der Waals surface area contributed by atoms with E-state index in [-0.39, 0.29) is 18.0 Å². The number of hydrogen-bond acceptors (Lipinski definition) is 6. The highest BCUT2D eigenvalue weighted by Crippen LogP contribution is 2.25. The summed E-state index contributed by atoms with van der Waals surface area (Å²) in [6.45, 7) is 4.19. The summed E-state index contributed by atoms with van der Waals surface area (Å²) in [6.07, 6.45) is 1.49. The van der Waals surface area contributed by atoms with Gasteiger partial charge in [0.2, 0.25) is 5.89 Å². The minimum atomic E-state index is -3.66. The van der Waals surface area contributed by atoms with Crippen LogP contribution in [0.4, 0.5) is 0 Å². The van der Waals surface area contributed by atoms with Crippen LogP contribution in [-0.4, -0.2) is 31.5 Å². The molecule has 0 bridgehead atoms. The number of halogens is 1. The molecule has 3 aromatic rings. The number of Topliss-reactive ketones (excluding diaryl/α,β-unsaturated/α-hetero) is 1. The lowest BCUT2D eigenvalue weighted by Crippen LogP contribution is -2.18. The first kappa shape index (κ1) is 24.0. The van der Waals surface area contributed by atoms with Crippen molar-refractivity contribution in [2.24, 2.45) is 0 Å². The quantitative estimate of drug-likeness (QED) is 0.378. The molecule has 2 aromatic carbocycles. The number of aryl methyl sites for hydroxylation is 2. The Morgan fingerprint density at radius 3 is 2.59 bits per heavy atom. The lowest BCUT2D eigenvalue weighted by atomic mass is 10.1. The van der Waals surface area contributed by atoms with Crippen molar-refractivity contribution >= 4 is 27.2 Å². The highest BCUT2D eigenvalue weighted by atomic mass is 35.5. The molecule has 32 heavy (non-hydrogen) atoms. The van der Waals surface area contributed by atoms with Gasteiger partial charge in [-0.1, -0.05) is 29.8 Å². The van der Waals surface area contributed by atoms with Gasteiger partial charge in [0.1, 0.15) is 23.0 Å². The molecule has 6 nitrogen and oxygen atoms in total. The number of ether oxygens (including phenoxy) is 1. The second-order valence-electron chi connectivity index (χ2n) is 7.53. The molecule has 0 unspecified atom stereocenters. The van der Waals surface area contributed by atoms with Crippen molar-refractivity contribution < 1.29 is 22.4 Å². The molecule has 0 spiro atoms. The maximum absolute atomic E-state index is 12.6. The van der Waals surface area contributed by atoms with Gasteiger partial charge in [0.25, 0.3) is 0 Å². The first-order chi connectivity index (χ1) is 15.3. The van der Waals surface area contributed by atoms with Crippen LogP contribution in [0.15, 0.2) is 52.9 Å². The average Bonchev–Trinajstić information content (AvgIpc) is 3.09. The number of aromatic nitrogens is 1. The Kier molecular flexibility index (Phi) is 8.10. The Labute approximate surface area is 193 Å². The molecule has 1 aromatic heterocycles. The van der Waals surface area contributed by atoms with E-state index >= 15 is 0 Å². The molecular weight excluding hydrogens is 450 g/mol. The van der Waals surface area contributed by atoms with Gasteiger partial charge in [0, 0.05) is 17.0 Å². The van der Waals surface area contributed by atoms with Gasteiger partial charge in [0.05, 0.1) is 18.1 Å². The molecule has 0 atom stereocenters. The van der Waals surface area contributed by atoms with Crippen LogP contribution in [0.3, 0.4) is 0 Å². The fourth-order valence-electron chi connectivity index (χ4n) is 3.29. The van der Waals surface area contributed by atoms with E-state index in [1.165, 1.54) is 0 Å². The summed E-state index contributed by atoms with van der Waals surface area (Å²) >= 11 is 6.00. The molecular formula is C24H26ClNO5S. The Morgan fingerprint density at radius 2 is 1.91 bits per heavy atom. The van der Waals surface area contributed by atoms with Crippen LogP contribution in [0.25, 0.3) is 11.5 Å². The third-order valence-electron chi connectivity index (χ3n) is 4.86. The van der Waals surface area contributed by atoms with Crippen molar-refractivity contribution in [3.05, 3.63) is 70.6 Å². The summed E-state index contributed by atoms with van der Waals surface area (Å²) in [6, 6.07) is 14.7. The van der Waals surface area contributed by atoms with E-state index in [4.69, 9.17) is 20.8 Å². The minimum Gasteiger partial charge on any atom is -0.494 e. The molecule has 8 heteroatoms. The molecule has 1 heterocycles. The van der Waals surface area contributed by atoms with Gasteiger partial charge in [-0.2, -0.15) is 0 Å². The number of ketones is 1. The van der Waals surface area contributed by atoms with Gasteiger partial charge in [-0.3, -0.25) is 4.79 Å². The van der Waals surface area contributed by atoms with E-state index < -0.39 is 15.6 Å². The molecule has 0 saturated carbocycles. The second kappa shape index (κ2) is 10.8. The fraction of sp³-hybridized carbons (Fsp3) is 0.333. The third kappa shape index (κ3) is 6.93. The molecule has 0 amide bonds. The van der Waals surface area contributed by atoms with Crippen molar-refractivity contribution in [3.63, 3.8) is 0 Å². The number of rotatable bonds is 11. The standard InChI is InChI=1S/C24H26ClNO5S/c1-3-30-22-12-10-18(11-13-22)6-4-9-21(27)15-32(28,29)16-23-17(2)31-24(26-23)19-7-5-8-20(25)14-19/h5,7-8,10-14H,3-4,6,9,15-16H2,1-2H3. The lowest BCUT2D eigenvalue weighted by Gasteiger charge is -2.05. The normalized spacial score (nSPS) is 11.5. The lowest BCUT2D eigenvalue weighted by molar-refractivity contribution is -0.116. The van der Waals surface area contributed by atoms with Crippen LogP contribution in [0.5, 0.6) is 5.75 Å². The second-order valence-corrected chi connectivity index (χ2v) is 10.0. The first-order valence-electron chi connectivity index (χ1n) is 10.4. The van der Waals surface area contributed by atoms with E-state index in [2.05, 4.69) is 4.98 Å². The summed E-state index contributed by atoms with van der Waals surface area (Å²) in [5.41, 5.74) is 2.05. The Hall–Kier alpha value is -2.64. The minimum absolute atomic E-state index is 0.206. The zero-order valence-electron chi connectivity index (χ0n) is 18.1. The van der Waals surface area contributed by atoms with Crippen LogP contribution < -0.4 is 4.74 Å². The highest BCUT2D eigenvalue weighted by molar-refractivity contribution is 7.91. The van der Waals surface area contributed by atoms with E-state index in [0.717, 1.165) is 11.3 Å². The van der Waals surface area contributed by atoms with Crippen LogP contribution in [0.2, 0.25) is 5.02 Å². The van der Waals surface area contributed by atoms with Crippen LogP contribution in [-0.2, 0) is 26.8 Å². The monoisotopic (exact) mass is 475 g/mol. The number of nitrogens with zero attached hydrogens (tertiary/aromatic N) is 1. The van der Waals surface area contributed by atoms with Crippen LogP contribution in [0.1, 0.15) is 36.8 Å². The third-order valence-corrected chi connectivity index (χ3v) is 6.57. The summed E-state index contributed by atoms with van der Waals surface area (Å²) in [4.78, 5) is 16.6. The van der Waals surface area contributed by atoms with E-state index in [1.54, 1.807) is 31.2 Å². The number of carbonyl (C=O) groups excluding carboxylic acids is 1. The molecule has 0 radical (unpaired) electrons. The van der Waals surface area contributed by atoms with E-state index in [9.17, 15) is 13.2 Å². The van der Waals surface area contributed by atoms with E-state index in [0.29, 0.717) is 47.4 Å². The molecule has 0 aliphatic carbocycles. The zero-order chi connectivity index (χ0) is 23.1. The van der Waals surface area contributed by atoms with Gasteiger partial charge in [-0.25, -0.2) is 13.4 Å². The maximum Gasteiger partial charge on any atom is 0.226 e. The fourth-order valence-corrected chi connectivity index (χ4v) is 4.90. The number of oxazole rings is 1. The zero-order valence-corrected chi connectivity index (χ0v) is 19.7. The van der Waals surface area contributed by atoms with Crippen molar-refractivity contribution in [3.8, 4) is 17.2 Å². The van der Waals surface area contributed by atoms with Crippen molar-refractivity contribution in [1.82, 2.24) is 4.98 Å². The van der Waals surface area contributed by atoms with Crippen molar-refractivity contribution in [2.75, 3.05) is 12.4 Å². The number of benzene rings is 2. The molecule has 0 fully saturated rings. The van der Waals surface area contributed by atoms with Crippen LogP contribution >= 0.6 is 11.6 Å². The Balaban J connectivity index is 1.53. The van der Waals surface area contributed by atoms with Crippen LogP contribution in [0, 0.1) is 6.92 Å². The molecule has 3 rings (SSSR count). The smallest absolute Gasteiger partial charge is 0.226 e. The summed E-state index contributed by atoms with van der Waals surface area (Å²) in [5.74, 6) is 0.374. The Bertz CT molecular complexity index is 1170. The predicted octanol–water partition coefficient (Wildman–Crippen LogP) is 5.21. The molecule has 0 aliphatic rings. The topological polar surface area (TPSA) is 86.5 Å². The van der Waals surface area contributed by atoms with Gasteiger partial charge in [0.15, 0.2) is 9.84 Å². The molecule has 0 N–H and O–H groups in total. The van der Waals surface area contributed by atoms with Crippen molar-refractivity contribution in [1.29, 1.82) is 0 Å². The van der Waals surface area contributed by atoms with Gasteiger partial charge in [-0.05, 0) is 62.6 Å². The maximum atomic E-state index is 12.6. The number of carbonyl (C=O) groups is 1. The number of sulfone groups is 1. The predicted molar refractivity (Wildman–Crippen MR) is 125 cm³/mol.